The van der Waals surface area contributed by atoms with Crippen LogP contribution in [0.15, 0.2) is 18.2 Å². The van der Waals surface area contributed by atoms with E-state index in [0.29, 0.717) is 17.1 Å². The van der Waals surface area contributed by atoms with Crippen molar-refractivity contribution in [1.29, 1.82) is 0 Å². The number of aliphatic hydroxyl groups is 1. The van der Waals surface area contributed by atoms with Crippen LogP contribution in [-0.2, 0) is 0 Å². The van der Waals surface area contributed by atoms with Crippen LogP contribution in [0, 0.1) is 6.92 Å². The summed E-state index contributed by atoms with van der Waals surface area (Å²) in [5.41, 5.74) is 1.57. The molecule has 0 radical (unpaired) electrons. The lowest BCUT2D eigenvalue weighted by Crippen LogP contribution is -2.24. The Labute approximate surface area is 113 Å². The van der Waals surface area contributed by atoms with Gasteiger partial charge in [0.1, 0.15) is 0 Å². The largest absolute Gasteiger partial charge is 0.396 e. The van der Waals surface area contributed by atoms with E-state index in [9.17, 15) is 4.79 Å². The van der Waals surface area contributed by atoms with E-state index in [1.807, 2.05) is 13.0 Å². The summed E-state index contributed by atoms with van der Waals surface area (Å²) >= 11 is 6.02. The number of hydrogen-bond donors (Lipinski definition) is 2. The van der Waals surface area contributed by atoms with E-state index in [0.717, 1.165) is 31.2 Å². The number of amides is 1. The number of nitrogens with one attached hydrogen (secondary N) is 1. The van der Waals surface area contributed by atoms with Crippen molar-refractivity contribution >= 4 is 17.5 Å². The Morgan fingerprint density at radius 3 is 2.67 bits per heavy atom. The third kappa shape index (κ3) is 5.07. The zero-order valence-corrected chi connectivity index (χ0v) is 11.5. The summed E-state index contributed by atoms with van der Waals surface area (Å²) in [5, 5.41) is 12.0. The van der Waals surface area contributed by atoms with Gasteiger partial charge >= 0.3 is 0 Å². The fourth-order valence-corrected chi connectivity index (χ4v) is 2.01. The maximum Gasteiger partial charge on any atom is 0.252 e. The summed E-state index contributed by atoms with van der Waals surface area (Å²) in [6, 6.07) is 5.42. The Kier molecular flexibility index (Phi) is 6.76. The van der Waals surface area contributed by atoms with Gasteiger partial charge in [0.05, 0.1) is 10.6 Å². The molecule has 1 aromatic carbocycles. The van der Waals surface area contributed by atoms with Gasteiger partial charge in [-0.05, 0) is 37.5 Å². The van der Waals surface area contributed by atoms with Crippen molar-refractivity contribution in [1.82, 2.24) is 5.32 Å². The number of aliphatic hydroxyl groups excluding tert-OH is 1. The SMILES string of the molecule is Cc1ccc(C(=O)NCCCCCCO)c(Cl)c1. The number of hydrogen-bond acceptors (Lipinski definition) is 2. The van der Waals surface area contributed by atoms with E-state index >= 15 is 0 Å². The number of aryl methyl sites for hydroxylation is 1. The molecule has 4 heteroatoms. The third-order valence-electron chi connectivity index (χ3n) is 2.74. The molecule has 1 aromatic rings. The second kappa shape index (κ2) is 8.11. The zero-order chi connectivity index (χ0) is 13.4. The van der Waals surface area contributed by atoms with Gasteiger partial charge in [-0.1, -0.05) is 30.5 Å². The van der Waals surface area contributed by atoms with Crippen LogP contribution in [0.4, 0.5) is 0 Å². The fourth-order valence-electron chi connectivity index (χ4n) is 1.69. The molecule has 0 saturated carbocycles. The fraction of sp³-hybridized carbons (Fsp3) is 0.500. The molecule has 18 heavy (non-hydrogen) atoms. The van der Waals surface area contributed by atoms with Gasteiger partial charge < -0.3 is 10.4 Å². The maximum absolute atomic E-state index is 11.8. The molecule has 0 bridgehead atoms. The molecule has 3 nitrogen and oxygen atoms in total. The number of unbranched alkanes of at least 4 members (excludes halogenated alkanes) is 3. The summed E-state index contributed by atoms with van der Waals surface area (Å²) in [6.45, 7) is 2.83. The monoisotopic (exact) mass is 269 g/mol. The van der Waals surface area contributed by atoms with Gasteiger partial charge in [-0.2, -0.15) is 0 Å². The first kappa shape index (κ1) is 15.0. The van der Waals surface area contributed by atoms with Crippen LogP contribution in [0.5, 0.6) is 0 Å². The predicted octanol–water partition coefficient (Wildman–Crippen LogP) is 2.93. The van der Waals surface area contributed by atoms with Gasteiger partial charge in [0.25, 0.3) is 5.91 Å². The molecule has 0 saturated heterocycles. The van der Waals surface area contributed by atoms with E-state index in [1.165, 1.54) is 0 Å². The van der Waals surface area contributed by atoms with Crippen LogP contribution in [0.25, 0.3) is 0 Å². The highest BCUT2D eigenvalue weighted by atomic mass is 35.5. The first-order valence-electron chi connectivity index (χ1n) is 6.30. The van der Waals surface area contributed by atoms with Crippen molar-refractivity contribution in [3.05, 3.63) is 34.3 Å². The van der Waals surface area contributed by atoms with E-state index < -0.39 is 0 Å². The van der Waals surface area contributed by atoms with Crippen LogP contribution < -0.4 is 5.32 Å². The highest BCUT2D eigenvalue weighted by Gasteiger charge is 2.09. The van der Waals surface area contributed by atoms with Gasteiger partial charge in [0.15, 0.2) is 0 Å². The Hall–Kier alpha value is -1.06. The molecule has 0 aromatic heterocycles. The summed E-state index contributed by atoms with van der Waals surface area (Å²) in [4.78, 5) is 11.8. The van der Waals surface area contributed by atoms with Crippen LogP contribution in [0.2, 0.25) is 5.02 Å². The van der Waals surface area contributed by atoms with E-state index in [2.05, 4.69) is 5.32 Å². The Morgan fingerprint density at radius 1 is 1.28 bits per heavy atom. The highest BCUT2D eigenvalue weighted by molar-refractivity contribution is 6.33. The summed E-state index contributed by atoms with van der Waals surface area (Å²) in [7, 11) is 0. The van der Waals surface area contributed by atoms with Crippen LogP contribution in [0.3, 0.4) is 0 Å². The number of carbonyl (C=O) groups excluding carboxylic acids is 1. The van der Waals surface area contributed by atoms with Gasteiger partial charge in [-0.15, -0.1) is 0 Å². The molecule has 0 fully saturated rings. The standard InChI is InChI=1S/C14H20ClNO2/c1-11-6-7-12(13(15)10-11)14(18)16-8-4-2-3-5-9-17/h6-7,10,17H,2-5,8-9H2,1H3,(H,16,18). The first-order valence-corrected chi connectivity index (χ1v) is 6.68. The summed E-state index contributed by atoms with van der Waals surface area (Å²) < 4.78 is 0. The van der Waals surface area contributed by atoms with Crippen LogP contribution >= 0.6 is 11.6 Å². The molecule has 0 aliphatic carbocycles. The molecule has 0 spiro atoms. The van der Waals surface area contributed by atoms with Crippen LogP contribution in [-0.4, -0.2) is 24.2 Å². The second-order valence-electron chi connectivity index (χ2n) is 4.38. The molecule has 0 atom stereocenters. The second-order valence-corrected chi connectivity index (χ2v) is 4.78. The molecule has 0 aliphatic heterocycles. The summed E-state index contributed by atoms with van der Waals surface area (Å²) in [6.07, 6.45) is 3.77. The minimum absolute atomic E-state index is 0.123. The van der Waals surface area contributed by atoms with Crippen molar-refractivity contribution in [2.75, 3.05) is 13.2 Å². The van der Waals surface area contributed by atoms with E-state index in [1.54, 1.807) is 12.1 Å². The third-order valence-corrected chi connectivity index (χ3v) is 3.05. The van der Waals surface area contributed by atoms with Crippen molar-refractivity contribution in [3.8, 4) is 0 Å². The molecule has 0 unspecified atom stereocenters. The molecule has 1 amide bonds. The normalized spacial score (nSPS) is 10.4. The lowest BCUT2D eigenvalue weighted by Gasteiger charge is -2.07. The molecule has 1 rings (SSSR count). The molecule has 0 heterocycles. The maximum atomic E-state index is 11.8. The number of rotatable bonds is 7. The van der Waals surface area contributed by atoms with E-state index in [4.69, 9.17) is 16.7 Å². The minimum atomic E-state index is -0.123. The topological polar surface area (TPSA) is 49.3 Å². The lowest BCUT2D eigenvalue weighted by atomic mass is 10.1. The zero-order valence-electron chi connectivity index (χ0n) is 10.7. The quantitative estimate of drug-likeness (QED) is 0.748. The van der Waals surface area contributed by atoms with Crippen molar-refractivity contribution in [3.63, 3.8) is 0 Å². The Balaban J connectivity index is 2.32. The smallest absolute Gasteiger partial charge is 0.252 e. The van der Waals surface area contributed by atoms with Gasteiger partial charge in [0.2, 0.25) is 0 Å². The predicted molar refractivity (Wildman–Crippen MR) is 74.1 cm³/mol. The van der Waals surface area contributed by atoms with E-state index in [-0.39, 0.29) is 12.5 Å². The number of carbonyl (C=O) groups is 1. The Morgan fingerprint density at radius 2 is 2.00 bits per heavy atom. The molecular weight excluding hydrogens is 250 g/mol. The molecular formula is C14H20ClNO2. The van der Waals surface area contributed by atoms with Crippen LogP contribution in [0.1, 0.15) is 41.6 Å². The number of benzene rings is 1. The average Bonchev–Trinajstić information content (AvgIpc) is 2.33. The first-order chi connectivity index (χ1) is 8.65. The minimum Gasteiger partial charge on any atom is -0.396 e. The number of halogens is 1. The lowest BCUT2D eigenvalue weighted by molar-refractivity contribution is 0.0953. The van der Waals surface area contributed by atoms with Gasteiger partial charge in [0, 0.05) is 13.2 Å². The average molecular weight is 270 g/mol. The highest BCUT2D eigenvalue weighted by Crippen LogP contribution is 2.17. The Bertz CT molecular complexity index is 393. The van der Waals surface area contributed by atoms with Crippen molar-refractivity contribution < 1.29 is 9.90 Å². The van der Waals surface area contributed by atoms with Crippen molar-refractivity contribution in [2.45, 2.75) is 32.6 Å². The van der Waals surface area contributed by atoms with Crippen molar-refractivity contribution in [2.24, 2.45) is 0 Å². The molecule has 2 N–H and O–H groups in total. The van der Waals surface area contributed by atoms with Gasteiger partial charge in [-0.25, -0.2) is 0 Å². The molecule has 0 aliphatic rings. The van der Waals surface area contributed by atoms with Gasteiger partial charge in [-0.3, -0.25) is 4.79 Å². The summed E-state index contributed by atoms with van der Waals surface area (Å²) in [5.74, 6) is -0.123. The molecule has 100 valence electrons.